The minimum Gasteiger partial charge on any atom is -0.494 e. The summed E-state index contributed by atoms with van der Waals surface area (Å²) in [4.78, 5) is 0. The molecule has 0 unspecified atom stereocenters. The van der Waals surface area contributed by atoms with E-state index >= 15 is 0 Å². The number of hydrogen-bond donors (Lipinski definition) is 0. The summed E-state index contributed by atoms with van der Waals surface area (Å²) in [6.07, 6.45) is 10.6. The first-order valence-electron chi connectivity index (χ1n) is 9.68. The molecule has 0 aliphatic carbocycles. The van der Waals surface area contributed by atoms with Gasteiger partial charge in [-0.05, 0) is 42.8 Å². The number of rotatable bonds is 10. The molecule has 2 aromatic carbocycles. The van der Waals surface area contributed by atoms with Gasteiger partial charge in [0, 0.05) is 11.1 Å². The molecule has 0 fully saturated rings. The second-order valence-electron chi connectivity index (χ2n) is 6.46. The van der Waals surface area contributed by atoms with Crippen LogP contribution in [0.15, 0.2) is 54.6 Å². The van der Waals surface area contributed by atoms with Crippen LogP contribution < -0.4 is 4.74 Å². The van der Waals surface area contributed by atoms with Gasteiger partial charge in [-0.3, -0.25) is 0 Å². The van der Waals surface area contributed by atoms with Crippen molar-refractivity contribution in [1.82, 2.24) is 0 Å². The molecule has 0 radical (unpaired) electrons. The second-order valence-corrected chi connectivity index (χ2v) is 6.46. The van der Waals surface area contributed by atoms with Crippen LogP contribution in [0.25, 0.3) is 0 Å². The predicted molar refractivity (Wildman–Crippen MR) is 107 cm³/mol. The quantitative estimate of drug-likeness (QED) is 0.351. The van der Waals surface area contributed by atoms with E-state index in [0.717, 1.165) is 29.9 Å². The van der Waals surface area contributed by atoms with Crippen LogP contribution in [-0.4, -0.2) is 6.61 Å². The number of hydrogen-bond acceptors (Lipinski definition) is 1. The van der Waals surface area contributed by atoms with Crippen LogP contribution in [0.2, 0.25) is 0 Å². The normalized spacial score (nSPS) is 10.1. The highest BCUT2D eigenvalue weighted by molar-refractivity contribution is 5.44. The van der Waals surface area contributed by atoms with Gasteiger partial charge in [-0.15, -0.1) is 0 Å². The highest BCUT2D eigenvalue weighted by Gasteiger charge is 1.95. The van der Waals surface area contributed by atoms with E-state index < -0.39 is 0 Å². The molecule has 2 rings (SSSR count). The molecule has 0 aliphatic rings. The van der Waals surface area contributed by atoms with Crippen molar-refractivity contribution >= 4 is 0 Å². The molecular formula is C24H30O. The minimum atomic E-state index is 0.810. The lowest BCUT2D eigenvalue weighted by atomic mass is 10.1. The van der Waals surface area contributed by atoms with E-state index in [2.05, 4.69) is 18.8 Å². The van der Waals surface area contributed by atoms with Crippen LogP contribution >= 0.6 is 0 Å². The van der Waals surface area contributed by atoms with Gasteiger partial charge in [0.1, 0.15) is 5.75 Å². The number of ether oxygens (including phenoxy) is 1. The highest BCUT2D eigenvalue weighted by atomic mass is 16.5. The van der Waals surface area contributed by atoms with Crippen molar-refractivity contribution in [2.75, 3.05) is 6.61 Å². The van der Waals surface area contributed by atoms with Crippen LogP contribution in [0.5, 0.6) is 5.75 Å². The summed E-state index contributed by atoms with van der Waals surface area (Å²) in [7, 11) is 0. The Balaban J connectivity index is 1.62. The van der Waals surface area contributed by atoms with E-state index in [1.165, 1.54) is 44.9 Å². The van der Waals surface area contributed by atoms with Crippen molar-refractivity contribution in [2.24, 2.45) is 0 Å². The molecule has 1 nitrogen and oxygen atoms in total. The summed E-state index contributed by atoms with van der Waals surface area (Å²) in [5.41, 5.74) is 2.06. The first-order valence-corrected chi connectivity index (χ1v) is 9.68. The van der Waals surface area contributed by atoms with Gasteiger partial charge in [0.05, 0.1) is 6.61 Å². The van der Waals surface area contributed by atoms with E-state index in [9.17, 15) is 0 Å². The van der Waals surface area contributed by atoms with Crippen LogP contribution in [0.1, 0.15) is 69.4 Å². The minimum absolute atomic E-state index is 0.810. The van der Waals surface area contributed by atoms with Crippen molar-refractivity contribution < 1.29 is 4.74 Å². The van der Waals surface area contributed by atoms with E-state index in [4.69, 9.17) is 4.74 Å². The zero-order valence-corrected chi connectivity index (χ0v) is 15.5. The van der Waals surface area contributed by atoms with Crippen molar-refractivity contribution in [3.8, 4) is 17.6 Å². The van der Waals surface area contributed by atoms with Crippen LogP contribution in [-0.2, 0) is 0 Å². The Morgan fingerprint density at radius 1 is 0.640 bits per heavy atom. The van der Waals surface area contributed by atoms with E-state index in [1.54, 1.807) is 0 Å². The van der Waals surface area contributed by atoms with Gasteiger partial charge in [-0.1, -0.05) is 81.9 Å². The fourth-order valence-electron chi connectivity index (χ4n) is 2.73. The Bertz CT molecular complexity index is 631. The molecule has 0 heterocycles. The van der Waals surface area contributed by atoms with Crippen molar-refractivity contribution in [2.45, 2.75) is 58.3 Å². The fourth-order valence-corrected chi connectivity index (χ4v) is 2.73. The molecule has 132 valence electrons. The van der Waals surface area contributed by atoms with Gasteiger partial charge >= 0.3 is 0 Å². The van der Waals surface area contributed by atoms with Gasteiger partial charge in [0.25, 0.3) is 0 Å². The van der Waals surface area contributed by atoms with Crippen LogP contribution in [0.4, 0.5) is 0 Å². The lowest BCUT2D eigenvalue weighted by molar-refractivity contribution is 0.304. The average molecular weight is 335 g/mol. The molecule has 0 aromatic heterocycles. The third-order valence-corrected chi connectivity index (χ3v) is 4.25. The molecule has 1 heteroatoms. The maximum absolute atomic E-state index is 5.82. The summed E-state index contributed by atoms with van der Waals surface area (Å²) >= 11 is 0. The smallest absolute Gasteiger partial charge is 0.119 e. The summed E-state index contributed by atoms with van der Waals surface area (Å²) in [6, 6.07) is 18.1. The van der Waals surface area contributed by atoms with E-state index in [-0.39, 0.29) is 0 Å². The maximum atomic E-state index is 5.82. The summed E-state index contributed by atoms with van der Waals surface area (Å²) in [6.45, 7) is 3.07. The first-order chi connectivity index (χ1) is 12.4. The summed E-state index contributed by atoms with van der Waals surface area (Å²) in [5, 5.41) is 0. The largest absolute Gasteiger partial charge is 0.494 e. The Hall–Kier alpha value is -2.20. The number of benzene rings is 2. The SMILES string of the molecule is CCCCCCCCCCOc1ccc(C#Cc2ccccc2)cc1. The third kappa shape index (κ3) is 8.45. The Kier molecular flexibility index (Phi) is 9.34. The molecule has 0 N–H and O–H groups in total. The topological polar surface area (TPSA) is 9.23 Å². The van der Waals surface area contributed by atoms with Gasteiger partial charge in [0.2, 0.25) is 0 Å². The standard InChI is InChI=1S/C24H30O/c1-2-3-4-5-6-7-8-12-21-25-24-19-17-23(18-20-24)16-15-22-13-10-9-11-14-22/h9-11,13-14,17-20H,2-8,12,21H2,1H3. The Labute approximate surface area is 153 Å². The first kappa shape index (κ1) is 19.1. The molecule has 0 bridgehead atoms. The third-order valence-electron chi connectivity index (χ3n) is 4.25. The molecule has 0 aliphatic heterocycles. The van der Waals surface area contributed by atoms with Crippen molar-refractivity contribution in [3.63, 3.8) is 0 Å². The zero-order chi connectivity index (χ0) is 17.6. The Morgan fingerprint density at radius 3 is 1.84 bits per heavy atom. The van der Waals surface area contributed by atoms with Gasteiger partial charge in [-0.2, -0.15) is 0 Å². The molecular weight excluding hydrogens is 304 g/mol. The van der Waals surface area contributed by atoms with Crippen LogP contribution in [0.3, 0.4) is 0 Å². The molecule has 0 atom stereocenters. The zero-order valence-electron chi connectivity index (χ0n) is 15.5. The monoisotopic (exact) mass is 334 g/mol. The number of unbranched alkanes of at least 4 members (excludes halogenated alkanes) is 7. The fraction of sp³-hybridized carbons (Fsp3) is 0.417. The predicted octanol–water partition coefficient (Wildman–Crippen LogP) is 6.61. The van der Waals surface area contributed by atoms with Crippen molar-refractivity contribution in [3.05, 3.63) is 65.7 Å². The molecule has 0 saturated carbocycles. The van der Waals surface area contributed by atoms with E-state index in [0.29, 0.717) is 0 Å². The Morgan fingerprint density at radius 2 is 1.20 bits per heavy atom. The highest BCUT2D eigenvalue weighted by Crippen LogP contribution is 2.13. The summed E-state index contributed by atoms with van der Waals surface area (Å²) < 4.78 is 5.82. The van der Waals surface area contributed by atoms with E-state index in [1.807, 2.05) is 54.6 Å². The van der Waals surface area contributed by atoms with Crippen LogP contribution in [0, 0.1) is 11.8 Å². The summed E-state index contributed by atoms with van der Waals surface area (Å²) in [5.74, 6) is 7.30. The lowest BCUT2D eigenvalue weighted by Gasteiger charge is -2.06. The van der Waals surface area contributed by atoms with Gasteiger partial charge < -0.3 is 4.74 Å². The lowest BCUT2D eigenvalue weighted by Crippen LogP contribution is -1.97. The molecule has 2 aromatic rings. The van der Waals surface area contributed by atoms with Gasteiger partial charge in [0.15, 0.2) is 0 Å². The maximum Gasteiger partial charge on any atom is 0.119 e. The molecule has 0 amide bonds. The molecule has 0 spiro atoms. The van der Waals surface area contributed by atoms with Gasteiger partial charge in [-0.25, -0.2) is 0 Å². The molecule has 25 heavy (non-hydrogen) atoms. The average Bonchev–Trinajstić information content (AvgIpc) is 2.67. The second kappa shape index (κ2) is 12.2. The van der Waals surface area contributed by atoms with Crippen molar-refractivity contribution in [1.29, 1.82) is 0 Å². The molecule has 0 saturated heterocycles.